The van der Waals surface area contributed by atoms with Crippen molar-refractivity contribution < 1.29 is 9.90 Å². The molecule has 0 aromatic heterocycles. The van der Waals surface area contributed by atoms with Gasteiger partial charge in [-0.15, -0.1) is 0 Å². The monoisotopic (exact) mass is 312 g/mol. The molecule has 1 aromatic rings. The van der Waals surface area contributed by atoms with Crippen molar-refractivity contribution in [2.75, 3.05) is 18.9 Å². The number of hydrogen-bond acceptors (Lipinski definition) is 3. The lowest BCUT2D eigenvalue weighted by Crippen LogP contribution is -2.30. The summed E-state index contributed by atoms with van der Waals surface area (Å²) >= 11 is 3.30. The highest BCUT2D eigenvalue weighted by atomic mass is 79.9. The molecule has 1 aliphatic carbocycles. The highest BCUT2D eigenvalue weighted by molar-refractivity contribution is 9.10. The van der Waals surface area contributed by atoms with E-state index >= 15 is 0 Å². The van der Waals surface area contributed by atoms with Crippen molar-refractivity contribution in [1.29, 1.82) is 0 Å². The summed E-state index contributed by atoms with van der Waals surface area (Å²) in [4.78, 5) is 12.0. The largest absolute Gasteiger partial charge is 0.398 e. The summed E-state index contributed by atoms with van der Waals surface area (Å²) in [6.45, 7) is 0.817. The Kier molecular flexibility index (Phi) is 3.92. The second-order valence-corrected chi connectivity index (χ2v) is 5.75. The van der Waals surface area contributed by atoms with Crippen LogP contribution in [0.5, 0.6) is 0 Å². The second kappa shape index (κ2) is 5.28. The molecular formula is C13H17BrN2O2. The van der Waals surface area contributed by atoms with Gasteiger partial charge in [-0.25, -0.2) is 0 Å². The van der Waals surface area contributed by atoms with E-state index in [1.54, 1.807) is 18.2 Å². The van der Waals surface area contributed by atoms with Crippen molar-refractivity contribution in [3.8, 4) is 0 Å². The van der Waals surface area contributed by atoms with Gasteiger partial charge < -0.3 is 16.2 Å². The van der Waals surface area contributed by atoms with Gasteiger partial charge in [0.1, 0.15) is 0 Å². The third-order valence-corrected chi connectivity index (χ3v) is 4.17. The third-order valence-electron chi connectivity index (χ3n) is 3.49. The zero-order chi connectivity index (χ0) is 13.2. The number of benzene rings is 1. The minimum atomic E-state index is -0.0973. The lowest BCUT2D eigenvalue weighted by Gasteiger charge is -2.14. The molecule has 5 heteroatoms. The number of aliphatic hydroxyl groups excluding tert-OH is 1. The van der Waals surface area contributed by atoms with E-state index in [-0.39, 0.29) is 17.9 Å². The minimum Gasteiger partial charge on any atom is -0.398 e. The maximum absolute atomic E-state index is 12.0. The van der Waals surface area contributed by atoms with E-state index in [1.807, 2.05) is 0 Å². The number of carbonyl (C=O) groups is 1. The third kappa shape index (κ3) is 3.03. The molecule has 0 unspecified atom stereocenters. The van der Waals surface area contributed by atoms with Crippen molar-refractivity contribution in [2.45, 2.75) is 19.3 Å². The number of halogens is 1. The van der Waals surface area contributed by atoms with Crippen molar-refractivity contribution in [2.24, 2.45) is 5.41 Å². The molecule has 4 nitrogen and oxygen atoms in total. The van der Waals surface area contributed by atoms with Gasteiger partial charge in [0.15, 0.2) is 0 Å². The summed E-state index contributed by atoms with van der Waals surface area (Å²) in [5.74, 6) is -0.0973. The Bertz CT molecular complexity index is 458. The maximum Gasteiger partial charge on any atom is 0.251 e. The van der Waals surface area contributed by atoms with Crippen molar-refractivity contribution in [3.63, 3.8) is 0 Å². The van der Waals surface area contributed by atoms with Crippen LogP contribution >= 0.6 is 15.9 Å². The number of nitrogens with two attached hydrogens (primary N) is 1. The Morgan fingerprint density at radius 2 is 2.22 bits per heavy atom. The zero-order valence-electron chi connectivity index (χ0n) is 10.1. The van der Waals surface area contributed by atoms with E-state index < -0.39 is 0 Å². The molecule has 2 rings (SSSR count). The molecule has 0 spiro atoms. The minimum absolute atomic E-state index is 0.0973. The van der Waals surface area contributed by atoms with Gasteiger partial charge in [-0.05, 0) is 58.8 Å². The Hall–Kier alpha value is -1.07. The molecule has 0 bridgehead atoms. The molecule has 0 heterocycles. The maximum atomic E-state index is 12.0. The molecule has 1 aliphatic rings. The van der Waals surface area contributed by atoms with Gasteiger partial charge in [-0.2, -0.15) is 0 Å². The SMILES string of the molecule is Nc1ccc(C(=O)NCC2(CCO)CC2)cc1Br. The average Bonchev–Trinajstić information content (AvgIpc) is 3.11. The van der Waals surface area contributed by atoms with Crippen LogP contribution in [0.2, 0.25) is 0 Å². The van der Waals surface area contributed by atoms with Crippen LogP contribution in [0, 0.1) is 5.41 Å². The fourth-order valence-electron chi connectivity index (χ4n) is 1.97. The van der Waals surface area contributed by atoms with E-state index in [9.17, 15) is 4.79 Å². The van der Waals surface area contributed by atoms with Crippen LogP contribution in [0.25, 0.3) is 0 Å². The fraction of sp³-hybridized carbons (Fsp3) is 0.462. The molecule has 18 heavy (non-hydrogen) atoms. The molecule has 1 aromatic carbocycles. The van der Waals surface area contributed by atoms with E-state index in [0.717, 1.165) is 23.7 Å². The zero-order valence-corrected chi connectivity index (χ0v) is 11.7. The van der Waals surface area contributed by atoms with E-state index in [4.69, 9.17) is 10.8 Å². The first-order valence-electron chi connectivity index (χ1n) is 6.00. The van der Waals surface area contributed by atoms with Gasteiger partial charge in [0, 0.05) is 28.9 Å². The van der Waals surface area contributed by atoms with Gasteiger partial charge in [0.2, 0.25) is 0 Å². The molecule has 98 valence electrons. The topological polar surface area (TPSA) is 75.4 Å². The van der Waals surface area contributed by atoms with E-state index in [1.165, 1.54) is 0 Å². The van der Waals surface area contributed by atoms with Crippen LogP contribution in [0.15, 0.2) is 22.7 Å². The smallest absolute Gasteiger partial charge is 0.251 e. The summed E-state index contributed by atoms with van der Waals surface area (Å²) in [6.07, 6.45) is 2.93. The first kappa shape index (κ1) is 13.4. The Balaban J connectivity index is 1.93. The van der Waals surface area contributed by atoms with Gasteiger partial charge in [0.05, 0.1) is 0 Å². The van der Waals surface area contributed by atoms with E-state index in [2.05, 4.69) is 21.2 Å². The highest BCUT2D eigenvalue weighted by Gasteiger charge is 2.41. The summed E-state index contributed by atoms with van der Waals surface area (Å²) in [7, 11) is 0. The Morgan fingerprint density at radius 1 is 1.50 bits per heavy atom. The number of amides is 1. The normalized spacial score (nSPS) is 16.3. The van der Waals surface area contributed by atoms with Crippen LogP contribution in [-0.4, -0.2) is 24.2 Å². The fourth-order valence-corrected chi connectivity index (χ4v) is 2.35. The van der Waals surface area contributed by atoms with Crippen LogP contribution in [-0.2, 0) is 0 Å². The van der Waals surface area contributed by atoms with Crippen LogP contribution in [0.1, 0.15) is 29.6 Å². The standard InChI is InChI=1S/C13H17BrN2O2/c14-10-7-9(1-2-11(10)15)12(18)16-8-13(3-4-13)5-6-17/h1-2,7,17H,3-6,8,15H2,(H,16,18). The number of carbonyl (C=O) groups excluding carboxylic acids is 1. The second-order valence-electron chi connectivity index (χ2n) is 4.89. The summed E-state index contributed by atoms with van der Waals surface area (Å²) in [6, 6.07) is 5.14. The number of anilines is 1. The molecule has 1 fully saturated rings. The highest BCUT2D eigenvalue weighted by Crippen LogP contribution is 2.47. The van der Waals surface area contributed by atoms with Gasteiger partial charge in [0.25, 0.3) is 5.91 Å². The molecule has 1 saturated carbocycles. The molecule has 1 amide bonds. The van der Waals surface area contributed by atoms with Gasteiger partial charge in [-0.3, -0.25) is 4.79 Å². The predicted octanol–water partition coefficient (Wildman–Crippen LogP) is 1.92. The molecule has 0 atom stereocenters. The lowest BCUT2D eigenvalue weighted by molar-refractivity contribution is 0.0941. The average molecular weight is 313 g/mol. The first-order chi connectivity index (χ1) is 8.56. The molecule has 0 radical (unpaired) electrons. The number of aliphatic hydroxyl groups is 1. The van der Waals surface area contributed by atoms with Gasteiger partial charge >= 0.3 is 0 Å². The van der Waals surface area contributed by atoms with Crippen molar-refractivity contribution in [3.05, 3.63) is 28.2 Å². The number of rotatable bonds is 5. The number of hydrogen-bond donors (Lipinski definition) is 3. The van der Waals surface area contributed by atoms with Crippen LogP contribution < -0.4 is 11.1 Å². The number of nitrogen functional groups attached to an aromatic ring is 1. The predicted molar refractivity (Wildman–Crippen MR) is 74.3 cm³/mol. The lowest BCUT2D eigenvalue weighted by atomic mass is 10.0. The van der Waals surface area contributed by atoms with Crippen LogP contribution in [0.3, 0.4) is 0 Å². The summed E-state index contributed by atoms with van der Waals surface area (Å²) in [5, 5.41) is 11.9. The Morgan fingerprint density at radius 3 is 2.78 bits per heavy atom. The van der Waals surface area contributed by atoms with Crippen LogP contribution in [0.4, 0.5) is 5.69 Å². The first-order valence-corrected chi connectivity index (χ1v) is 6.80. The molecular weight excluding hydrogens is 296 g/mol. The van der Waals surface area contributed by atoms with E-state index in [0.29, 0.717) is 17.8 Å². The summed E-state index contributed by atoms with van der Waals surface area (Å²) < 4.78 is 0.728. The summed E-state index contributed by atoms with van der Waals surface area (Å²) in [5.41, 5.74) is 7.02. The molecule has 4 N–H and O–H groups in total. The van der Waals surface area contributed by atoms with Gasteiger partial charge in [-0.1, -0.05) is 0 Å². The quantitative estimate of drug-likeness (QED) is 0.727. The molecule has 0 saturated heterocycles. The van der Waals surface area contributed by atoms with Crippen molar-refractivity contribution in [1.82, 2.24) is 5.32 Å². The molecule has 0 aliphatic heterocycles. The Labute approximate surface area is 115 Å². The number of nitrogens with one attached hydrogen (secondary N) is 1. The van der Waals surface area contributed by atoms with Crippen molar-refractivity contribution >= 4 is 27.5 Å².